The smallest absolute Gasteiger partial charge is 0.159 e. The Morgan fingerprint density at radius 2 is 1.71 bits per heavy atom. The monoisotopic (exact) mass is 388 g/mol. The fourth-order valence-electron chi connectivity index (χ4n) is 5.51. The molecular formula is C26H38F2. The molecule has 0 aromatic heterocycles. The Kier molecular flexibility index (Phi) is 8.55. The van der Waals surface area contributed by atoms with E-state index in [1.165, 1.54) is 82.8 Å². The van der Waals surface area contributed by atoms with Crippen LogP contribution in [-0.2, 0) is 0 Å². The molecule has 0 aliphatic heterocycles. The van der Waals surface area contributed by atoms with Gasteiger partial charge in [-0.05, 0) is 79.9 Å². The Morgan fingerprint density at radius 1 is 0.893 bits per heavy atom. The van der Waals surface area contributed by atoms with Gasteiger partial charge >= 0.3 is 0 Å². The minimum absolute atomic E-state index is 0.382. The summed E-state index contributed by atoms with van der Waals surface area (Å²) >= 11 is 0. The zero-order valence-corrected chi connectivity index (χ0v) is 17.6. The first-order valence-electron chi connectivity index (χ1n) is 11.8. The summed E-state index contributed by atoms with van der Waals surface area (Å²) in [4.78, 5) is 0. The second kappa shape index (κ2) is 11.1. The Hall–Kier alpha value is -1.18. The van der Waals surface area contributed by atoms with E-state index in [4.69, 9.17) is 0 Å². The predicted octanol–water partition coefficient (Wildman–Crippen LogP) is 8.57. The van der Waals surface area contributed by atoms with Crippen LogP contribution in [-0.4, -0.2) is 0 Å². The van der Waals surface area contributed by atoms with E-state index in [-0.39, 0.29) is 0 Å². The van der Waals surface area contributed by atoms with Gasteiger partial charge < -0.3 is 0 Å². The van der Waals surface area contributed by atoms with Crippen LogP contribution < -0.4 is 0 Å². The second-order valence-corrected chi connectivity index (χ2v) is 9.30. The summed E-state index contributed by atoms with van der Waals surface area (Å²) in [6.07, 6.45) is 21.2. The highest BCUT2D eigenvalue weighted by Gasteiger charge is 2.30. The van der Waals surface area contributed by atoms with Gasteiger partial charge in [0, 0.05) is 0 Å². The van der Waals surface area contributed by atoms with Crippen LogP contribution in [0.3, 0.4) is 0 Å². The van der Waals surface area contributed by atoms with Crippen LogP contribution in [0.2, 0.25) is 0 Å². The van der Waals surface area contributed by atoms with Crippen molar-refractivity contribution in [3.63, 3.8) is 0 Å². The van der Waals surface area contributed by atoms with Gasteiger partial charge in [0.25, 0.3) is 0 Å². The molecule has 2 atom stereocenters. The minimum atomic E-state index is -0.723. The van der Waals surface area contributed by atoms with E-state index >= 15 is 0 Å². The van der Waals surface area contributed by atoms with Gasteiger partial charge in [-0.1, -0.05) is 70.1 Å². The van der Waals surface area contributed by atoms with Crippen LogP contribution in [0.5, 0.6) is 0 Å². The number of hydrogen-bond donors (Lipinski definition) is 0. The molecule has 156 valence electrons. The van der Waals surface area contributed by atoms with E-state index in [1.807, 2.05) is 6.07 Å². The molecule has 2 unspecified atom stereocenters. The molecule has 0 amide bonds. The van der Waals surface area contributed by atoms with E-state index in [0.29, 0.717) is 17.8 Å². The first-order valence-corrected chi connectivity index (χ1v) is 11.8. The Morgan fingerprint density at radius 3 is 2.39 bits per heavy atom. The first-order chi connectivity index (χ1) is 13.7. The van der Waals surface area contributed by atoms with Crippen LogP contribution in [0.15, 0.2) is 30.4 Å². The molecule has 2 aliphatic rings. The highest BCUT2D eigenvalue weighted by atomic mass is 19.2. The third-order valence-electron chi connectivity index (χ3n) is 7.26. The van der Waals surface area contributed by atoms with Gasteiger partial charge in [-0.25, -0.2) is 8.78 Å². The van der Waals surface area contributed by atoms with E-state index in [9.17, 15) is 8.78 Å². The van der Waals surface area contributed by atoms with Gasteiger partial charge in [0.2, 0.25) is 0 Å². The SMILES string of the molecule is CCCCCCC1CCC(C(CC2CC=CCC2)c2ccc(F)c(F)c2)CC1. The zero-order chi connectivity index (χ0) is 19.8. The molecule has 0 N–H and O–H groups in total. The fraction of sp³-hybridized carbons (Fsp3) is 0.692. The van der Waals surface area contributed by atoms with Crippen molar-refractivity contribution in [1.82, 2.24) is 0 Å². The molecule has 0 spiro atoms. The maximum atomic E-state index is 14.0. The highest BCUT2D eigenvalue weighted by molar-refractivity contribution is 5.23. The molecule has 0 bridgehead atoms. The van der Waals surface area contributed by atoms with E-state index in [2.05, 4.69) is 19.1 Å². The standard InChI is InChI=1S/C26H38F2/c1-2-3-4-6-9-20-12-14-22(15-13-20)24(18-21-10-7-5-8-11-21)23-16-17-25(27)26(28)19-23/h5,7,16-17,19-22,24H,2-4,6,8-15,18H2,1H3. The first kappa shape index (κ1) is 21.5. The van der Waals surface area contributed by atoms with Gasteiger partial charge in [-0.15, -0.1) is 0 Å². The number of hydrogen-bond acceptors (Lipinski definition) is 0. The van der Waals surface area contributed by atoms with Crippen molar-refractivity contribution in [3.8, 4) is 0 Å². The molecule has 2 heteroatoms. The van der Waals surface area contributed by atoms with Crippen molar-refractivity contribution in [1.29, 1.82) is 0 Å². The van der Waals surface area contributed by atoms with Crippen LogP contribution in [0.25, 0.3) is 0 Å². The van der Waals surface area contributed by atoms with Gasteiger partial charge in [0.05, 0.1) is 0 Å². The Bertz CT molecular complexity index is 613. The summed E-state index contributed by atoms with van der Waals surface area (Å²) in [7, 11) is 0. The van der Waals surface area contributed by atoms with Gasteiger partial charge in [-0.2, -0.15) is 0 Å². The third kappa shape index (κ3) is 6.16. The lowest BCUT2D eigenvalue weighted by Crippen LogP contribution is -2.23. The largest absolute Gasteiger partial charge is 0.204 e. The summed E-state index contributed by atoms with van der Waals surface area (Å²) in [6.45, 7) is 2.27. The fourth-order valence-corrected chi connectivity index (χ4v) is 5.51. The minimum Gasteiger partial charge on any atom is -0.204 e. The summed E-state index contributed by atoms with van der Waals surface area (Å²) in [5.41, 5.74) is 1.03. The molecule has 0 saturated heterocycles. The number of halogens is 2. The average molecular weight is 389 g/mol. The molecule has 0 heterocycles. The predicted molar refractivity (Wildman–Crippen MR) is 114 cm³/mol. The molecule has 1 fully saturated rings. The van der Waals surface area contributed by atoms with Crippen molar-refractivity contribution >= 4 is 0 Å². The van der Waals surface area contributed by atoms with E-state index in [1.54, 1.807) is 0 Å². The van der Waals surface area contributed by atoms with Gasteiger partial charge in [0.15, 0.2) is 11.6 Å². The summed E-state index contributed by atoms with van der Waals surface area (Å²) in [5, 5.41) is 0. The molecular weight excluding hydrogens is 350 g/mol. The molecule has 1 saturated carbocycles. The second-order valence-electron chi connectivity index (χ2n) is 9.30. The molecule has 0 radical (unpaired) electrons. The molecule has 2 aliphatic carbocycles. The molecule has 1 aromatic rings. The Balaban J connectivity index is 1.62. The topological polar surface area (TPSA) is 0 Å². The lowest BCUT2D eigenvalue weighted by atomic mass is 9.69. The lowest BCUT2D eigenvalue weighted by molar-refractivity contribution is 0.209. The quantitative estimate of drug-likeness (QED) is 0.293. The van der Waals surface area contributed by atoms with Crippen molar-refractivity contribution in [2.75, 3.05) is 0 Å². The van der Waals surface area contributed by atoms with Crippen molar-refractivity contribution < 1.29 is 8.78 Å². The molecule has 28 heavy (non-hydrogen) atoms. The third-order valence-corrected chi connectivity index (χ3v) is 7.26. The lowest BCUT2D eigenvalue weighted by Gasteiger charge is -2.36. The van der Waals surface area contributed by atoms with Crippen LogP contribution >= 0.6 is 0 Å². The number of allylic oxidation sites excluding steroid dienone is 2. The maximum absolute atomic E-state index is 14.0. The van der Waals surface area contributed by atoms with Crippen molar-refractivity contribution in [3.05, 3.63) is 47.5 Å². The van der Waals surface area contributed by atoms with E-state index < -0.39 is 11.6 Å². The van der Waals surface area contributed by atoms with Crippen LogP contribution in [0.1, 0.15) is 102 Å². The number of rotatable bonds is 9. The summed E-state index contributed by atoms with van der Waals surface area (Å²) < 4.78 is 27.5. The molecule has 0 nitrogen and oxygen atoms in total. The Labute approximate surface area is 170 Å². The number of benzene rings is 1. The molecule has 1 aromatic carbocycles. The maximum Gasteiger partial charge on any atom is 0.159 e. The average Bonchev–Trinajstić information content (AvgIpc) is 2.73. The van der Waals surface area contributed by atoms with Crippen LogP contribution in [0, 0.1) is 29.4 Å². The summed E-state index contributed by atoms with van der Waals surface area (Å²) in [5.74, 6) is 1.18. The van der Waals surface area contributed by atoms with Gasteiger partial charge in [-0.3, -0.25) is 0 Å². The summed E-state index contributed by atoms with van der Waals surface area (Å²) in [6, 6.07) is 4.66. The van der Waals surface area contributed by atoms with E-state index in [0.717, 1.165) is 24.3 Å². The van der Waals surface area contributed by atoms with Crippen molar-refractivity contribution in [2.24, 2.45) is 17.8 Å². The normalized spacial score (nSPS) is 26.3. The molecule has 3 rings (SSSR count). The number of unbranched alkanes of at least 4 members (excludes halogenated alkanes) is 3. The van der Waals surface area contributed by atoms with Gasteiger partial charge in [0.1, 0.15) is 0 Å². The zero-order valence-electron chi connectivity index (χ0n) is 17.6. The van der Waals surface area contributed by atoms with Crippen molar-refractivity contribution in [2.45, 2.75) is 96.3 Å². The highest BCUT2D eigenvalue weighted by Crippen LogP contribution is 2.44. The van der Waals surface area contributed by atoms with Crippen LogP contribution in [0.4, 0.5) is 8.78 Å².